The molecule has 80 heavy (non-hydrogen) atoms. The van der Waals surface area contributed by atoms with Crippen LogP contribution in [0.2, 0.25) is 0 Å². The minimum Gasteiger partial charge on any atom is -0.466 e. The molecule has 26 heteroatoms. The second-order valence-corrected chi connectivity index (χ2v) is 26.4. The number of likely N-dealkylation sites (tertiary alicyclic amines) is 1. The normalized spacial score (nSPS) is 29.9. The second-order valence-electron chi connectivity index (χ2n) is 26.4. The molecule has 4 aliphatic rings. The van der Waals surface area contributed by atoms with E-state index in [4.69, 9.17) is 42.6 Å². The Kier molecular flexibility index (Phi) is 22.5. The number of esters is 1. The van der Waals surface area contributed by atoms with E-state index in [9.17, 15) is 54.3 Å². The molecule has 5 amide bonds. The summed E-state index contributed by atoms with van der Waals surface area (Å²) >= 11 is 0. The van der Waals surface area contributed by atoms with E-state index in [1.54, 1.807) is 110 Å². The van der Waals surface area contributed by atoms with Gasteiger partial charge in [0, 0.05) is 33.0 Å². The lowest BCUT2D eigenvalue weighted by Gasteiger charge is -2.50. The predicted octanol–water partition coefficient (Wildman–Crippen LogP) is 2.96. The van der Waals surface area contributed by atoms with E-state index in [-0.39, 0.29) is 63.5 Å². The van der Waals surface area contributed by atoms with Gasteiger partial charge in [-0.1, -0.05) is 0 Å². The second kappa shape index (κ2) is 26.6. The van der Waals surface area contributed by atoms with Crippen LogP contribution in [0.4, 0.5) is 19.2 Å². The number of nitrogens with one attached hydrogen (secondary N) is 4. The average Bonchev–Trinajstić information content (AvgIpc) is 3.68. The lowest BCUT2D eigenvalue weighted by Crippen LogP contribution is -2.71. The number of carbonyl (C=O) groups is 6. The van der Waals surface area contributed by atoms with Crippen molar-refractivity contribution in [3.8, 4) is 0 Å². The minimum atomic E-state index is -2.21. The molecule has 2 saturated heterocycles. The summed E-state index contributed by atoms with van der Waals surface area (Å²) in [4.78, 5) is 82.5. The number of aliphatic hydroxyl groups excluding tert-OH is 3. The standard InChI is InChI=1S/C54H94N6O20/c1-48(2,3)76-35(62)20-18-19-30(61)26-55-27-31-21-22-32(57-44(66)77-49(4,5)6)41(73-31)74-39-34(58-45(67)78-50(7,8)9)25-33(56-43(65)54(71)23-24-60(28-54)47(69)80-52(13,14)15)38(36(39)63)75-42-37(64)40(53(16,70)29-72-42)59(17)46(68)79-51(10,11)12/h21,30,32-34,36-42,55,61,63-64,70-71H,18-20,22-29H2,1-17H3,(H,56,65)(H,57,66)(H,58,67)/t30?,32-,33-,34+,36-,37-,38+,39-,40-,41-,42-,53+,54?/m1/s1. The summed E-state index contributed by atoms with van der Waals surface area (Å²) in [5.74, 6) is -1.10. The number of alkyl carbamates (subject to hydrolysis) is 2. The van der Waals surface area contributed by atoms with Crippen molar-refractivity contribution in [1.82, 2.24) is 31.1 Å². The Hall–Kier alpha value is -4.80. The molecule has 0 spiro atoms. The molecule has 13 atom stereocenters. The fraction of sp³-hybridized carbons (Fsp3) is 0.852. The molecule has 1 saturated carbocycles. The Bertz CT molecular complexity index is 2160. The van der Waals surface area contributed by atoms with Crippen LogP contribution in [0.15, 0.2) is 11.8 Å². The summed E-state index contributed by atoms with van der Waals surface area (Å²) in [5, 5.41) is 70.5. The molecule has 3 aliphatic heterocycles. The van der Waals surface area contributed by atoms with Crippen LogP contribution in [0, 0.1) is 0 Å². The summed E-state index contributed by atoms with van der Waals surface area (Å²) in [5.41, 5.74) is -8.59. The Morgan fingerprint density at radius 3 is 1.81 bits per heavy atom. The zero-order valence-corrected chi connectivity index (χ0v) is 50.0. The van der Waals surface area contributed by atoms with Gasteiger partial charge in [-0.05, 0) is 143 Å². The molecule has 2 unspecified atom stereocenters. The van der Waals surface area contributed by atoms with Gasteiger partial charge in [-0.2, -0.15) is 0 Å². The van der Waals surface area contributed by atoms with Crippen molar-refractivity contribution in [1.29, 1.82) is 0 Å². The summed E-state index contributed by atoms with van der Waals surface area (Å²) in [7, 11) is 1.30. The summed E-state index contributed by atoms with van der Waals surface area (Å²) in [6.45, 7) is 25.4. The minimum absolute atomic E-state index is 0.0304. The highest BCUT2D eigenvalue weighted by Crippen LogP contribution is 2.36. The van der Waals surface area contributed by atoms with Crippen LogP contribution in [0.25, 0.3) is 0 Å². The Morgan fingerprint density at radius 2 is 1.26 bits per heavy atom. The van der Waals surface area contributed by atoms with Crippen molar-refractivity contribution in [3.63, 3.8) is 0 Å². The van der Waals surface area contributed by atoms with E-state index in [0.29, 0.717) is 6.42 Å². The summed E-state index contributed by atoms with van der Waals surface area (Å²) in [6.07, 6.45) is -12.8. The molecule has 4 rings (SSSR count). The third kappa shape index (κ3) is 21.2. The third-order valence-corrected chi connectivity index (χ3v) is 12.7. The van der Waals surface area contributed by atoms with Gasteiger partial charge in [-0.3, -0.25) is 9.59 Å². The highest BCUT2D eigenvalue weighted by atomic mass is 16.7. The van der Waals surface area contributed by atoms with Crippen LogP contribution < -0.4 is 21.3 Å². The van der Waals surface area contributed by atoms with Crippen LogP contribution in [0.1, 0.15) is 149 Å². The van der Waals surface area contributed by atoms with E-state index < -0.39 is 150 Å². The Labute approximate surface area is 470 Å². The number of amides is 5. The maximum Gasteiger partial charge on any atom is 0.410 e. The number of likely N-dealkylation sites (N-methyl/N-ethyl adjacent to an activating group) is 1. The molecule has 26 nitrogen and oxygen atoms in total. The van der Waals surface area contributed by atoms with Crippen molar-refractivity contribution >= 4 is 36.2 Å². The van der Waals surface area contributed by atoms with Gasteiger partial charge < -0.3 is 99.2 Å². The lowest BCUT2D eigenvalue weighted by molar-refractivity contribution is -0.311. The van der Waals surface area contributed by atoms with E-state index in [1.165, 1.54) is 18.9 Å². The van der Waals surface area contributed by atoms with Crippen LogP contribution in [-0.2, 0) is 52.2 Å². The molecular weight excluding hydrogens is 1050 g/mol. The number of hydrogen-bond acceptors (Lipinski definition) is 21. The van der Waals surface area contributed by atoms with Crippen LogP contribution in [0.5, 0.6) is 0 Å². The first-order valence-electron chi connectivity index (χ1n) is 27.4. The summed E-state index contributed by atoms with van der Waals surface area (Å²) < 4.78 is 53.1. The van der Waals surface area contributed by atoms with Crippen molar-refractivity contribution < 1.29 is 96.9 Å². The number of ether oxygens (including phenoxy) is 9. The topological polar surface area (TPSA) is 341 Å². The average molecular weight is 1150 g/mol. The van der Waals surface area contributed by atoms with Gasteiger partial charge in [-0.15, -0.1) is 0 Å². The number of carbonyl (C=O) groups excluding carboxylic acids is 6. The first-order valence-corrected chi connectivity index (χ1v) is 27.4. The van der Waals surface area contributed by atoms with Crippen LogP contribution in [0.3, 0.4) is 0 Å². The molecule has 9 N–H and O–H groups in total. The highest BCUT2D eigenvalue weighted by Gasteiger charge is 2.56. The zero-order chi connectivity index (χ0) is 60.7. The van der Waals surface area contributed by atoms with Crippen molar-refractivity contribution in [2.75, 3.05) is 39.8 Å². The zero-order valence-electron chi connectivity index (χ0n) is 50.0. The largest absolute Gasteiger partial charge is 0.466 e. The van der Waals surface area contributed by atoms with Gasteiger partial charge in [0.05, 0.1) is 50.0 Å². The Balaban J connectivity index is 1.74. The first kappa shape index (κ1) is 67.7. The molecule has 0 radical (unpaired) electrons. The molecule has 0 aromatic heterocycles. The van der Waals surface area contributed by atoms with Crippen molar-refractivity contribution in [2.45, 2.75) is 256 Å². The highest BCUT2D eigenvalue weighted by molar-refractivity contribution is 5.87. The molecule has 0 aromatic carbocycles. The van der Waals surface area contributed by atoms with Crippen LogP contribution >= 0.6 is 0 Å². The third-order valence-electron chi connectivity index (χ3n) is 12.7. The molecule has 3 heterocycles. The molecule has 460 valence electrons. The van der Waals surface area contributed by atoms with Gasteiger partial charge in [0.1, 0.15) is 63.8 Å². The molecule has 3 fully saturated rings. The fourth-order valence-corrected chi connectivity index (χ4v) is 9.35. The van der Waals surface area contributed by atoms with Gasteiger partial charge in [0.25, 0.3) is 5.91 Å². The maximum absolute atomic E-state index is 14.5. The number of hydrogen-bond donors (Lipinski definition) is 9. The number of β-amino-alcohol motifs (C(OH)–C–C–N with tert-alkyl or cyclic N) is 1. The van der Waals surface area contributed by atoms with Gasteiger partial charge >= 0.3 is 30.3 Å². The van der Waals surface area contributed by atoms with Crippen molar-refractivity contribution in [3.05, 3.63) is 11.8 Å². The van der Waals surface area contributed by atoms with E-state index in [1.807, 2.05) is 0 Å². The Morgan fingerprint density at radius 1 is 0.738 bits per heavy atom. The molecule has 0 bridgehead atoms. The SMILES string of the molecule is CN(C(=O)OC(C)(C)C)[C@@H]1[C@@H](O)[C@@H](O[C@@H]2[C@@H](O)[C@H](O[C@H]3OC(CNCC(O)CCCC(=O)OC(C)(C)C)=CC[C@H]3NC(=O)OC(C)(C)C)[C@@H](NC(=O)OC(C)(C)C)C[C@H]2NC(=O)C2(O)CCN(C(=O)OC(C)(C)C)C2)OC[C@]1(C)O. The molecule has 1 aliphatic carbocycles. The molecule has 0 aromatic rings. The van der Waals surface area contributed by atoms with Crippen molar-refractivity contribution in [2.24, 2.45) is 0 Å². The van der Waals surface area contributed by atoms with Gasteiger partial charge in [0.15, 0.2) is 11.9 Å². The van der Waals surface area contributed by atoms with E-state index in [0.717, 1.165) is 4.90 Å². The number of aliphatic hydroxyl groups is 5. The monoisotopic (exact) mass is 1150 g/mol. The quantitative estimate of drug-likeness (QED) is 0.0747. The van der Waals surface area contributed by atoms with Gasteiger partial charge in [-0.25, -0.2) is 19.2 Å². The smallest absolute Gasteiger partial charge is 0.410 e. The van der Waals surface area contributed by atoms with Crippen LogP contribution in [-0.4, -0.2) is 218 Å². The maximum atomic E-state index is 14.5. The summed E-state index contributed by atoms with van der Waals surface area (Å²) in [6, 6.07) is -5.21. The fourth-order valence-electron chi connectivity index (χ4n) is 9.35. The molecular formula is C54H94N6O20. The predicted molar refractivity (Wildman–Crippen MR) is 286 cm³/mol. The van der Waals surface area contributed by atoms with E-state index >= 15 is 0 Å². The first-order chi connectivity index (χ1) is 36.4. The number of nitrogens with zero attached hydrogens (tertiary/aromatic N) is 2. The lowest BCUT2D eigenvalue weighted by atomic mass is 9.82. The number of rotatable bonds is 17. The van der Waals surface area contributed by atoms with Gasteiger partial charge in [0.2, 0.25) is 6.29 Å². The van der Waals surface area contributed by atoms with E-state index in [2.05, 4.69) is 21.3 Å².